The number of rotatable bonds is 3. The molecule has 3 N–H and O–H groups in total. The van der Waals surface area contributed by atoms with Crippen LogP contribution in [0.3, 0.4) is 0 Å². The van der Waals surface area contributed by atoms with Crippen molar-refractivity contribution >= 4 is 17.0 Å². The zero-order chi connectivity index (χ0) is 13.9. The fourth-order valence-corrected chi connectivity index (χ4v) is 2.51. The van der Waals surface area contributed by atoms with Gasteiger partial charge in [0, 0.05) is 13.1 Å². The van der Waals surface area contributed by atoms with E-state index in [0.29, 0.717) is 17.6 Å². The first kappa shape index (κ1) is 12.9. The number of carbonyl (C=O) groups excluding carboxylic acids is 1. The van der Waals surface area contributed by atoms with Gasteiger partial charge < -0.3 is 15.1 Å². The third-order valence-electron chi connectivity index (χ3n) is 3.62. The van der Waals surface area contributed by atoms with Crippen LogP contribution in [0.2, 0.25) is 0 Å². The molecule has 1 aromatic carbocycles. The van der Waals surface area contributed by atoms with Crippen LogP contribution in [-0.2, 0) is 11.3 Å². The van der Waals surface area contributed by atoms with Gasteiger partial charge in [-0.3, -0.25) is 9.78 Å². The Morgan fingerprint density at radius 3 is 3.15 bits per heavy atom. The van der Waals surface area contributed by atoms with Crippen molar-refractivity contribution in [2.45, 2.75) is 19.4 Å². The second kappa shape index (κ2) is 5.50. The van der Waals surface area contributed by atoms with Crippen molar-refractivity contribution in [3.05, 3.63) is 34.3 Å². The van der Waals surface area contributed by atoms with Crippen LogP contribution in [0.1, 0.15) is 18.4 Å². The maximum Gasteiger partial charge on any atom is 0.417 e. The molecule has 106 valence electrons. The lowest BCUT2D eigenvalue weighted by Crippen LogP contribution is -2.40. The molecular weight excluding hydrogens is 258 g/mol. The van der Waals surface area contributed by atoms with Crippen molar-refractivity contribution in [2.75, 3.05) is 13.1 Å². The highest BCUT2D eigenvalue weighted by Crippen LogP contribution is 2.13. The molecule has 1 amide bonds. The van der Waals surface area contributed by atoms with E-state index in [1.54, 1.807) is 12.1 Å². The number of aromatic amines is 1. The van der Waals surface area contributed by atoms with Gasteiger partial charge in [-0.25, -0.2) is 4.79 Å². The van der Waals surface area contributed by atoms with Crippen LogP contribution < -0.4 is 16.4 Å². The predicted molar refractivity (Wildman–Crippen MR) is 74.3 cm³/mol. The van der Waals surface area contributed by atoms with Crippen LogP contribution >= 0.6 is 0 Å². The summed E-state index contributed by atoms with van der Waals surface area (Å²) in [6, 6.07) is 5.42. The van der Waals surface area contributed by atoms with Crippen molar-refractivity contribution in [1.29, 1.82) is 0 Å². The smallest absolute Gasteiger partial charge is 0.408 e. The Morgan fingerprint density at radius 1 is 1.45 bits per heavy atom. The second-order valence-electron chi connectivity index (χ2n) is 5.11. The molecule has 0 radical (unpaired) electrons. The molecule has 0 aliphatic carbocycles. The number of nitrogens with one attached hydrogen (secondary N) is 3. The van der Waals surface area contributed by atoms with Crippen molar-refractivity contribution in [2.24, 2.45) is 5.92 Å². The summed E-state index contributed by atoms with van der Waals surface area (Å²) in [6.07, 6.45) is 1.98. The van der Waals surface area contributed by atoms with Gasteiger partial charge in [0.15, 0.2) is 5.58 Å². The molecule has 0 bridgehead atoms. The van der Waals surface area contributed by atoms with Crippen LogP contribution in [0.25, 0.3) is 11.1 Å². The SMILES string of the molecule is O=C(NCc1ccc2[nH]c(=O)oc2c1)C1CCCNC1. The van der Waals surface area contributed by atoms with Crippen molar-refractivity contribution < 1.29 is 9.21 Å². The van der Waals surface area contributed by atoms with Gasteiger partial charge in [0.05, 0.1) is 11.4 Å². The fraction of sp³-hybridized carbons (Fsp3) is 0.429. The van der Waals surface area contributed by atoms with Gasteiger partial charge >= 0.3 is 5.76 Å². The summed E-state index contributed by atoms with van der Waals surface area (Å²) in [4.78, 5) is 25.7. The van der Waals surface area contributed by atoms with Gasteiger partial charge in [0.25, 0.3) is 0 Å². The molecular formula is C14H17N3O3. The van der Waals surface area contributed by atoms with Gasteiger partial charge in [-0.2, -0.15) is 0 Å². The highest BCUT2D eigenvalue weighted by Gasteiger charge is 2.20. The van der Waals surface area contributed by atoms with E-state index in [2.05, 4.69) is 15.6 Å². The molecule has 1 fully saturated rings. The molecule has 20 heavy (non-hydrogen) atoms. The lowest BCUT2D eigenvalue weighted by atomic mass is 9.99. The van der Waals surface area contributed by atoms with Crippen LogP contribution in [0.4, 0.5) is 0 Å². The summed E-state index contributed by atoms with van der Waals surface area (Å²) in [7, 11) is 0. The molecule has 2 aromatic rings. The van der Waals surface area contributed by atoms with Crippen LogP contribution in [-0.4, -0.2) is 24.0 Å². The number of amides is 1. The Kier molecular flexibility index (Phi) is 3.56. The Bertz CT molecular complexity index is 668. The van der Waals surface area contributed by atoms with Crippen molar-refractivity contribution in [1.82, 2.24) is 15.6 Å². The average molecular weight is 275 g/mol. The monoisotopic (exact) mass is 275 g/mol. The van der Waals surface area contributed by atoms with Crippen molar-refractivity contribution in [3.8, 4) is 0 Å². The van der Waals surface area contributed by atoms with E-state index >= 15 is 0 Å². The van der Waals surface area contributed by atoms with Crippen LogP contribution in [0, 0.1) is 5.92 Å². The predicted octanol–water partition coefficient (Wildman–Crippen LogP) is 0.737. The van der Waals surface area contributed by atoms with Gasteiger partial charge in [-0.05, 0) is 37.1 Å². The van der Waals surface area contributed by atoms with Crippen LogP contribution in [0.5, 0.6) is 0 Å². The lowest BCUT2D eigenvalue weighted by molar-refractivity contribution is -0.125. The molecule has 1 saturated heterocycles. The van der Waals surface area contributed by atoms with E-state index in [4.69, 9.17) is 4.42 Å². The first-order valence-electron chi connectivity index (χ1n) is 6.82. The minimum atomic E-state index is -0.463. The van der Waals surface area contributed by atoms with E-state index in [-0.39, 0.29) is 11.8 Å². The Balaban J connectivity index is 1.64. The summed E-state index contributed by atoms with van der Waals surface area (Å²) in [6.45, 7) is 2.19. The topological polar surface area (TPSA) is 87.1 Å². The standard InChI is InChI=1S/C14H17N3O3/c18-13(10-2-1-5-15-8-10)16-7-9-3-4-11-12(6-9)20-14(19)17-11/h3-4,6,10,15H,1-2,5,7-8H2,(H,16,18)(H,17,19). The molecule has 1 unspecified atom stereocenters. The highest BCUT2D eigenvalue weighted by molar-refractivity contribution is 5.79. The van der Waals surface area contributed by atoms with Crippen molar-refractivity contribution in [3.63, 3.8) is 0 Å². The number of carbonyl (C=O) groups is 1. The van der Waals surface area contributed by atoms with E-state index in [1.165, 1.54) is 0 Å². The number of benzene rings is 1. The number of aromatic nitrogens is 1. The minimum Gasteiger partial charge on any atom is -0.408 e. The normalized spacial score (nSPS) is 19.1. The summed E-state index contributed by atoms with van der Waals surface area (Å²) >= 11 is 0. The Hall–Kier alpha value is -2.08. The average Bonchev–Trinajstić information content (AvgIpc) is 2.85. The molecule has 3 rings (SSSR count). The van der Waals surface area contributed by atoms with E-state index < -0.39 is 5.76 Å². The molecule has 1 aliphatic heterocycles. The molecule has 1 aliphatic rings. The lowest BCUT2D eigenvalue weighted by Gasteiger charge is -2.21. The van der Waals surface area contributed by atoms with E-state index in [0.717, 1.165) is 31.5 Å². The molecule has 6 nitrogen and oxygen atoms in total. The molecule has 2 heterocycles. The number of H-pyrrole nitrogens is 1. The number of hydrogen-bond acceptors (Lipinski definition) is 4. The maximum atomic E-state index is 12.0. The number of piperidine rings is 1. The maximum absolute atomic E-state index is 12.0. The number of fused-ring (bicyclic) bond motifs is 1. The zero-order valence-electron chi connectivity index (χ0n) is 11.1. The summed E-state index contributed by atoms with van der Waals surface area (Å²) in [5.41, 5.74) is 2.10. The highest BCUT2D eigenvalue weighted by atomic mass is 16.4. The molecule has 0 saturated carbocycles. The largest absolute Gasteiger partial charge is 0.417 e. The molecule has 1 atom stereocenters. The van der Waals surface area contributed by atoms with E-state index in [1.807, 2.05) is 6.07 Å². The van der Waals surface area contributed by atoms with Gasteiger partial charge in [0.1, 0.15) is 0 Å². The van der Waals surface area contributed by atoms with Gasteiger partial charge in [-0.15, -0.1) is 0 Å². The zero-order valence-corrected chi connectivity index (χ0v) is 11.1. The first-order chi connectivity index (χ1) is 9.72. The van der Waals surface area contributed by atoms with Crippen LogP contribution in [0.15, 0.2) is 27.4 Å². The Morgan fingerprint density at radius 2 is 2.35 bits per heavy atom. The quantitative estimate of drug-likeness (QED) is 0.771. The number of oxazole rings is 1. The first-order valence-corrected chi connectivity index (χ1v) is 6.82. The molecule has 1 aromatic heterocycles. The summed E-state index contributed by atoms with van der Waals surface area (Å²) in [5.74, 6) is -0.333. The molecule has 6 heteroatoms. The third-order valence-corrected chi connectivity index (χ3v) is 3.62. The number of hydrogen-bond donors (Lipinski definition) is 3. The van der Waals surface area contributed by atoms with Gasteiger partial charge in [-0.1, -0.05) is 6.07 Å². The third kappa shape index (κ3) is 2.75. The van der Waals surface area contributed by atoms with Gasteiger partial charge in [0.2, 0.25) is 5.91 Å². The Labute approximate surface area is 115 Å². The summed E-state index contributed by atoms with van der Waals surface area (Å²) < 4.78 is 5.00. The van der Waals surface area contributed by atoms with E-state index in [9.17, 15) is 9.59 Å². The fourth-order valence-electron chi connectivity index (χ4n) is 2.51. The molecule has 0 spiro atoms. The summed E-state index contributed by atoms with van der Waals surface area (Å²) in [5, 5.41) is 6.16. The minimum absolute atomic E-state index is 0.0534. The second-order valence-corrected chi connectivity index (χ2v) is 5.11.